The zero-order chi connectivity index (χ0) is 7.68. The van der Waals surface area contributed by atoms with Gasteiger partial charge in [-0.05, 0) is 23.7 Å². The Hall–Kier alpha value is -1.29. The maximum atomic E-state index is 11.0. The monoisotopic (exact) mass is 163 g/mol. The van der Waals surface area contributed by atoms with E-state index in [1.54, 1.807) is 6.07 Å². The summed E-state index contributed by atoms with van der Waals surface area (Å²) in [5, 5.41) is 3.91. The topological polar surface area (TPSA) is 42.9 Å². The van der Waals surface area contributed by atoms with Gasteiger partial charge in [-0.3, -0.25) is 4.79 Å². The van der Waals surface area contributed by atoms with Crippen LogP contribution in [0.3, 0.4) is 0 Å². The van der Waals surface area contributed by atoms with Gasteiger partial charge in [0.15, 0.2) is 0 Å². The lowest BCUT2D eigenvalue weighted by Gasteiger charge is -1.88. The van der Waals surface area contributed by atoms with Crippen molar-refractivity contribution in [1.82, 2.24) is 9.59 Å². The van der Waals surface area contributed by atoms with Gasteiger partial charge in [0.25, 0.3) is 5.56 Å². The maximum absolute atomic E-state index is 11.0. The van der Waals surface area contributed by atoms with Crippen LogP contribution in [0.2, 0.25) is 0 Å². The molecule has 0 aliphatic heterocycles. The van der Waals surface area contributed by atoms with Gasteiger partial charge in [-0.15, -0.1) is 0 Å². The molecule has 4 heteroatoms. The first-order valence-corrected chi connectivity index (χ1v) is 3.78. The van der Waals surface area contributed by atoms with Gasteiger partial charge >= 0.3 is 0 Å². The lowest BCUT2D eigenvalue weighted by molar-refractivity contribution is 1.09. The first-order valence-electron chi connectivity index (χ1n) is 3.01. The summed E-state index contributed by atoms with van der Waals surface area (Å²) in [6, 6.07) is 8.15. The fourth-order valence-corrected chi connectivity index (χ4v) is 1.40. The first kappa shape index (κ1) is 6.42. The van der Waals surface area contributed by atoms with Crippen molar-refractivity contribution in [1.29, 1.82) is 0 Å². The molecule has 53 valence electrons. The van der Waals surface area contributed by atoms with Crippen molar-refractivity contribution in [3.8, 4) is 0 Å². The Morgan fingerprint density at radius 3 is 3.27 bits per heavy atom. The Morgan fingerprint density at radius 1 is 1.55 bits per heavy atom. The number of aromatic nitrogens is 2. The van der Waals surface area contributed by atoms with Gasteiger partial charge in [-0.1, -0.05) is 21.7 Å². The number of fused-ring (bicyclic) bond motifs is 1. The van der Waals surface area contributed by atoms with Crippen LogP contribution in [0.25, 0.3) is 10.1 Å². The van der Waals surface area contributed by atoms with E-state index in [1.165, 1.54) is 11.5 Å². The average molecular weight is 163 g/mol. The Bertz CT molecular complexity index is 432. The molecule has 0 spiro atoms. The van der Waals surface area contributed by atoms with Gasteiger partial charge in [0.05, 0.1) is 10.1 Å². The Balaban J connectivity index is 3.03. The molecule has 0 unspecified atom stereocenters. The predicted octanol–water partition coefficient (Wildman–Crippen LogP) is 0.852. The third-order valence-electron chi connectivity index (χ3n) is 1.30. The number of hydrogen-bond acceptors (Lipinski definition) is 4. The van der Waals surface area contributed by atoms with Gasteiger partial charge in [-0.2, -0.15) is 0 Å². The smallest absolute Gasteiger partial charge is 0.265 e. The number of benzene rings is 1. The van der Waals surface area contributed by atoms with E-state index in [1.807, 2.05) is 12.1 Å². The van der Waals surface area contributed by atoms with Crippen LogP contribution in [0.15, 0.2) is 23.0 Å². The summed E-state index contributed by atoms with van der Waals surface area (Å²) in [7, 11) is 0. The SMILES string of the molecule is O=c1nnsc2ccc[c]c12. The highest BCUT2D eigenvalue weighted by Gasteiger charge is 1.96. The zero-order valence-corrected chi connectivity index (χ0v) is 6.26. The van der Waals surface area contributed by atoms with Gasteiger partial charge in [0.1, 0.15) is 0 Å². The van der Waals surface area contributed by atoms with E-state index in [2.05, 4.69) is 15.7 Å². The van der Waals surface area contributed by atoms with E-state index in [4.69, 9.17) is 0 Å². The molecule has 0 atom stereocenters. The summed E-state index contributed by atoms with van der Waals surface area (Å²) in [4.78, 5) is 11.0. The van der Waals surface area contributed by atoms with E-state index < -0.39 is 0 Å². The van der Waals surface area contributed by atoms with Crippen LogP contribution in [0.4, 0.5) is 0 Å². The van der Waals surface area contributed by atoms with E-state index in [-0.39, 0.29) is 5.56 Å². The van der Waals surface area contributed by atoms with Crippen molar-refractivity contribution in [2.75, 3.05) is 0 Å². The highest BCUT2D eigenvalue weighted by Crippen LogP contribution is 2.09. The molecule has 0 N–H and O–H groups in total. The summed E-state index contributed by atoms with van der Waals surface area (Å²) >= 11 is 1.20. The molecular weight excluding hydrogens is 160 g/mol. The lowest BCUT2D eigenvalue weighted by atomic mass is 10.3. The molecule has 1 aromatic carbocycles. The highest BCUT2D eigenvalue weighted by atomic mass is 32.1. The fourth-order valence-electron chi connectivity index (χ4n) is 0.816. The van der Waals surface area contributed by atoms with Crippen molar-refractivity contribution in [3.63, 3.8) is 0 Å². The molecule has 0 bridgehead atoms. The Kier molecular flexibility index (Phi) is 1.40. The highest BCUT2D eigenvalue weighted by molar-refractivity contribution is 7.12. The lowest BCUT2D eigenvalue weighted by Crippen LogP contribution is -2.05. The van der Waals surface area contributed by atoms with Gasteiger partial charge in [0.2, 0.25) is 0 Å². The van der Waals surface area contributed by atoms with Crippen molar-refractivity contribution in [2.45, 2.75) is 0 Å². The predicted molar refractivity (Wildman–Crippen MR) is 42.5 cm³/mol. The molecule has 1 heterocycles. The van der Waals surface area contributed by atoms with Crippen molar-refractivity contribution < 1.29 is 0 Å². The fraction of sp³-hybridized carbons (Fsp3) is 0. The van der Waals surface area contributed by atoms with Crippen molar-refractivity contribution >= 4 is 21.6 Å². The van der Waals surface area contributed by atoms with E-state index in [9.17, 15) is 4.79 Å². The maximum Gasteiger partial charge on any atom is 0.298 e. The molecule has 0 saturated carbocycles. The van der Waals surface area contributed by atoms with Crippen LogP contribution in [-0.2, 0) is 0 Å². The second-order valence-electron chi connectivity index (χ2n) is 1.99. The summed E-state index contributed by atoms with van der Waals surface area (Å²) in [5.74, 6) is 0. The van der Waals surface area contributed by atoms with Crippen LogP contribution in [-0.4, -0.2) is 9.59 Å². The van der Waals surface area contributed by atoms with Crippen LogP contribution in [0, 0.1) is 6.07 Å². The summed E-state index contributed by atoms with van der Waals surface area (Å²) in [6.45, 7) is 0. The second-order valence-corrected chi connectivity index (χ2v) is 2.77. The van der Waals surface area contributed by atoms with E-state index in [0.29, 0.717) is 5.39 Å². The molecule has 0 aliphatic carbocycles. The van der Waals surface area contributed by atoms with Crippen LogP contribution >= 0.6 is 11.5 Å². The molecule has 3 nitrogen and oxygen atoms in total. The van der Waals surface area contributed by atoms with E-state index >= 15 is 0 Å². The Morgan fingerprint density at radius 2 is 2.45 bits per heavy atom. The molecule has 0 amide bonds. The molecule has 2 aromatic rings. The summed E-state index contributed by atoms with van der Waals surface area (Å²) < 4.78 is 4.40. The molecule has 11 heavy (non-hydrogen) atoms. The molecule has 0 aliphatic rings. The first-order chi connectivity index (χ1) is 5.38. The molecular formula is C7H3N2OS. The standard InChI is InChI=1S/C7H3N2OS/c10-7-5-3-1-2-4-6(5)11-9-8-7/h1-2,4H. The minimum Gasteiger partial charge on any atom is -0.265 e. The Labute approximate surface area is 66.5 Å². The third-order valence-corrected chi connectivity index (χ3v) is 2.00. The van der Waals surface area contributed by atoms with Crippen LogP contribution in [0.5, 0.6) is 0 Å². The van der Waals surface area contributed by atoms with Crippen LogP contribution in [0.1, 0.15) is 0 Å². The van der Waals surface area contributed by atoms with Gasteiger partial charge in [-0.25, -0.2) is 0 Å². The quantitative estimate of drug-likeness (QED) is 0.578. The number of hydrogen-bond donors (Lipinski definition) is 0. The largest absolute Gasteiger partial charge is 0.298 e. The summed E-state index contributed by atoms with van der Waals surface area (Å²) in [6.07, 6.45) is 0. The number of rotatable bonds is 0. The molecule has 0 saturated heterocycles. The minimum absolute atomic E-state index is 0.306. The average Bonchev–Trinajstić information content (AvgIpc) is 2.06. The molecule has 1 radical (unpaired) electrons. The zero-order valence-electron chi connectivity index (χ0n) is 5.44. The minimum atomic E-state index is -0.306. The summed E-state index contributed by atoms with van der Waals surface area (Å²) in [5.41, 5.74) is -0.306. The third kappa shape index (κ3) is 1.01. The van der Waals surface area contributed by atoms with Crippen LogP contribution < -0.4 is 5.56 Å². The van der Waals surface area contributed by atoms with Gasteiger partial charge < -0.3 is 0 Å². The van der Waals surface area contributed by atoms with Gasteiger partial charge in [0, 0.05) is 0 Å². The van der Waals surface area contributed by atoms with Crippen molar-refractivity contribution in [3.05, 3.63) is 34.6 Å². The molecule has 0 fully saturated rings. The second kappa shape index (κ2) is 2.39. The molecule has 1 aromatic heterocycles. The van der Waals surface area contributed by atoms with E-state index in [0.717, 1.165) is 4.70 Å². The molecule has 2 rings (SSSR count). The number of nitrogens with zero attached hydrogens (tertiary/aromatic N) is 2. The van der Waals surface area contributed by atoms with Crippen molar-refractivity contribution in [2.24, 2.45) is 0 Å². The normalized spacial score (nSPS) is 10.2.